The van der Waals surface area contributed by atoms with Gasteiger partial charge in [0, 0.05) is 12.2 Å². The largest absolute Gasteiger partial charge is 0.456 e. The van der Waals surface area contributed by atoms with Crippen molar-refractivity contribution in [1.82, 2.24) is 5.32 Å². The average molecular weight is 375 g/mol. The molecule has 0 heterocycles. The van der Waals surface area contributed by atoms with Gasteiger partial charge in [0.15, 0.2) is 0 Å². The normalized spacial score (nSPS) is 10.0. The highest BCUT2D eigenvalue weighted by Crippen LogP contribution is 2.25. The van der Waals surface area contributed by atoms with Crippen LogP contribution in [0.1, 0.15) is 11.1 Å². The summed E-state index contributed by atoms with van der Waals surface area (Å²) in [7, 11) is 0. The fourth-order valence-electron chi connectivity index (χ4n) is 2.53. The van der Waals surface area contributed by atoms with Crippen LogP contribution in [0.25, 0.3) is 0 Å². The number of hydrogen-bond donors (Lipinski definition) is 2. The van der Waals surface area contributed by atoms with Gasteiger partial charge in [-0.3, -0.25) is 0 Å². The number of ether oxygens (including phenoxy) is 1. The summed E-state index contributed by atoms with van der Waals surface area (Å²) in [6, 6.07) is 21.7. The number of benzene rings is 3. The van der Waals surface area contributed by atoms with E-state index < -0.39 is 0 Å². The van der Waals surface area contributed by atoms with E-state index in [-0.39, 0.29) is 11.8 Å². The number of nitriles is 1. The van der Waals surface area contributed by atoms with Gasteiger partial charge in [-0.2, -0.15) is 5.26 Å². The summed E-state index contributed by atoms with van der Waals surface area (Å²) in [4.78, 5) is 12.0. The van der Waals surface area contributed by atoms with E-state index in [2.05, 4.69) is 16.7 Å². The third-order valence-electron chi connectivity index (χ3n) is 3.96. The molecule has 0 aliphatic heterocycles. The van der Waals surface area contributed by atoms with E-state index in [4.69, 9.17) is 10.00 Å². The molecule has 28 heavy (non-hydrogen) atoms. The molecule has 0 unspecified atom stereocenters. The molecule has 0 radical (unpaired) electrons. The zero-order chi connectivity index (χ0) is 19.8. The van der Waals surface area contributed by atoms with Crippen molar-refractivity contribution < 1.29 is 13.9 Å². The van der Waals surface area contributed by atoms with Crippen molar-refractivity contribution in [1.29, 1.82) is 5.26 Å². The third-order valence-corrected chi connectivity index (χ3v) is 3.96. The van der Waals surface area contributed by atoms with Crippen molar-refractivity contribution >= 4 is 11.7 Å². The number of urea groups is 1. The van der Waals surface area contributed by atoms with Crippen LogP contribution in [0.3, 0.4) is 0 Å². The fraction of sp³-hybridized carbons (Fsp3) is 0.0909. The molecule has 2 amide bonds. The van der Waals surface area contributed by atoms with Gasteiger partial charge in [-0.25, -0.2) is 9.18 Å². The van der Waals surface area contributed by atoms with Gasteiger partial charge < -0.3 is 15.4 Å². The molecule has 140 valence electrons. The van der Waals surface area contributed by atoms with Gasteiger partial charge >= 0.3 is 6.03 Å². The van der Waals surface area contributed by atoms with E-state index in [1.807, 2.05) is 0 Å². The van der Waals surface area contributed by atoms with Crippen LogP contribution in [0.4, 0.5) is 14.9 Å². The molecular formula is C22H18FN3O2. The standard InChI is InChI=1S/C22H18FN3O2/c23-18-7-5-16(6-8-18)13-14-25-22(27)26-19-9-11-20(12-10-19)28-21-4-2-1-3-17(21)15-24/h1-12H,13-14H2,(H2,25,26,27). The second-order valence-electron chi connectivity index (χ2n) is 5.99. The summed E-state index contributed by atoms with van der Waals surface area (Å²) >= 11 is 0. The Morgan fingerprint density at radius 1 is 1.00 bits per heavy atom. The van der Waals surface area contributed by atoms with Crippen LogP contribution in [-0.2, 0) is 6.42 Å². The van der Waals surface area contributed by atoms with Gasteiger partial charge in [0.05, 0.1) is 5.56 Å². The van der Waals surface area contributed by atoms with Crippen LogP contribution < -0.4 is 15.4 Å². The molecule has 0 aliphatic rings. The Kier molecular flexibility index (Phi) is 6.21. The molecule has 3 aromatic carbocycles. The van der Waals surface area contributed by atoms with Crippen LogP contribution in [0.15, 0.2) is 72.8 Å². The summed E-state index contributed by atoms with van der Waals surface area (Å²) in [5, 5.41) is 14.6. The Labute approximate surface area is 162 Å². The smallest absolute Gasteiger partial charge is 0.319 e. The predicted octanol–water partition coefficient (Wildman–Crippen LogP) is 4.85. The predicted molar refractivity (Wildman–Crippen MR) is 105 cm³/mol. The van der Waals surface area contributed by atoms with E-state index >= 15 is 0 Å². The minimum Gasteiger partial charge on any atom is -0.456 e. The summed E-state index contributed by atoms with van der Waals surface area (Å²) < 4.78 is 18.6. The number of anilines is 1. The highest BCUT2D eigenvalue weighted by molar-refractivity contribution is 5.89. The molecule has 0 fully saturated rings. The number of para-hydroxylation sites is 1. The molecule has 0 bridgehead atoms. The van der Waals surface area contributed by atoms with E-state index in [0.29, 0.717) is 35.7 Å². The highest BCUT2D eigenvalue weighted by Gasteiger charge is 2.05. The van der Waals surface area contributed by atoms with Crippen LogP contribution in [0.5, 0.6) is 11.5 Å². The molecule has 0 saturated carbocycles. The number of nitrogens with zero attached hydrogens (tertiary/aromatic N) is 1. The van der Waals surface area contributed by atoms with E-state index in [9.17, 15) is 9.18 Å². The van der Waals surface area contributed by atoms with Crippen LogP contribution in [-0.4, -0.2) is 12.6 Å². The first-order valence-corrected chi connectivity index (χ1v) is 8.70. The van der Waals surface area contributed by atoms with Gasteiger partial charge in [0.25, 0.3) is 0 Å². The second-order valence-corrected chi connectivity index (χ2v) is 5.99. The first kappa shape index (κ1) is 18.9. The number of carbonyl (C=O) groups excluding carboxylic acids is 1. The van der Waals surface area contributed by atoms with Crippen LogP contribution in [0, 0.1) is 17.1 Å². The lowest BCUT2D eigenvalue weighted by molar-refractivity contribution is 0.252. The zero-order valence-electron chi connectivity index (χ0n) is 15.0. The van der Waals surface area contributed by atoms with Crippen molar-refractivity contribution in [2.75, 3.05) is 11.9 Å². The Bertz CT molecular complexity index is 980. The Hall–Kier alpha value is -3.85. The van der Waals surface area contributed by atoms with E-state index in [1.165, 1.54) is 12.1 Å². The fourth-order valence-corrected chi connectivity index (χ4v) is 2.53. The lowest BCUT2D eigenvalue weighted by Gasteiger charge is -2.10. The minimum atomic E-state index is -0.328. The number of halogens is 1. The molecule has 0 atom stereocenters. The van der Waals surface area contributed by atoms with Crippen LogP contribution in [0.2, 0.25) is 0 Å². The first-order valence-electron chi connectivity index (χ1n) is 8.70. The number of carbonyl (C=O) groups is 1. The van der Waals surface area contributed by atoms with Gasteiger partial charge in [0.1, 0.15) is 23.4 Å². The van der Waals surface area contributed by atoms with Crippen molar-refractivity contribution in [3.05, 3.63) is 89.7 Å². The Balaban J connectivity index is 1.49. The lowest BCUT2D eigenvalue weighted by Crippen LogP contribution is -2.30. The quantitative estimate of drug-likeness (QED) is 0.646. The van der Waals surface area contributed by atoms with Crippen molar-refractivity contribution in [2.45, 2.75) is 6.42 Å². The lowest BCUT2D eigenvalue weighted by atomic mass is 10.1. The Morgan fingerprint density at radius 3 is 2.43 bits per heavy atom. The maximum Gasteiger partial charge on any atom is 0.319 e. The van der Waals surface area contributed by atoms with Crippen LogP contribution >= 0.6 is 0 Å². The molecule has 0 spiro atoms. The highest BCUT2D eigenvalue weighted by atomic mass is 19.1. The minimum absolute atomic E-state index is 0.280. The summed E-state index contributed by atoms with van der Waals surface area (Å²) in [6.45, 7) is 0.434. The van der Waals surface area contributed by atoms with Gasteiger partial charge in [-0.15, -0.1) is 0 Å². The summed E-state index contributed by atoms with van der Waals surface area (Å²) in [5.41, 5.74) is 2.01. The SMILES string of the molecule is N#Cc1ccccc1Oc1ccc(NC(=O)NCCc2ccc(F)cc2)cc1. The maximum atomic E-state index is 12.9. The molecule has 2 N–H and O–H groups in total. The molecular weight excluding hydrogens is 357 g/mol. The van der Waals surface area contributed by atoms with Gasteiger partial charge in [0.2, 0.25) is 0 Å². The topological polar surface area (TPSA) is 74.1 Å². The molecule has 0 aromatic heterocycles. The monoisotopic (exact) mass is 375 g/mol. The third kappa shape index (κ3) is 5.32. The molecule has 5 nitrogen and oxygen atoms in total. The number of amides is 2. The number of hydrogen-bond acceptors (Lipinski definition) is 3. The second kappa shape index (κ2) is 9.19. The number of nitrogens with one attached hydrogen (secondary N) is 2. The molecule has 3 rings (SSSR count). The average Bonchev–Trinajstić information content (AvgIpc) is 2.71. The van der Waals surface area contributed by atoms with Gasteiger partial charge in [-0.1, -0.05) is 24.3 Å². The summed E-state index contributed by atoms with van der Waals surface area (Å²) in [6.07, 6.45) is 0.610. The van der Waals surface area contributed by atoms with E-state index in [1.54, 1.807) is 60.7 Å². The van der Waals surface area contributed by atoms with Gasteiger partial charge in [-0.05, 0) is 60.5 Å². The number of rotatable bonds is 6. The summed E-state index contributed by atoms with van der Waals surface area (Å²) in [5.74, 6) is 0.757. The van der Waals surface area contributed by atoms with Crippen molar-refractivity contribution in [3.8, 4) is 17.6 Å². The molecule has 6 heteroatoms. The first-order chi connectivity index (χ1) is 13.6. The molecule has 0 saturated heterocycles. The molecule has 3 aromatic rings. The van der Waals surface area contributed by atoms with Crippen molar-refractivity contribution in [2.24, 2.45) is 0 Å². The molecule has 0 aliphatic carbocycles. The maximum absolute atomic E-state index is 12.9. The Morgan fingerprint density at radius 2 is 1.71 bits per heavy atom. The van der Waals surface area contributed by atoms with Crippen molar-refractivity contribution in [3.63, 3.8) is 0 Å². The van der Waals surface area contributed by atoms with E-state index in [0.717, 1.165) is 5.56 Å². The zero-order valence-corrected chi connectivity index (χ0v) is 15.0.